The molecule has 0 saturated carbocycles. The van der Waals surface area contributed by atoms with Crippen LogP contribution in [0.4, 0.5) is 5.95 Å². The van der Waals surface area contributed by atoms with Gasteiger partial charge < -0.3 is 19.9 Å². The van der Waals surface area contributed by atoms with Crippen molar-refractivity contribution >= 4 is 57.0 Å². The minimum atomic E-state index is -3.90. The van der Waals surface area contributed by atoms with Crippen LogP contribution in [0.2, 0.25) is 0 Å². The zero-order valence-corrected chi connectivity index (χ0v) is 25.2. The molecular formula is C32H34N5O6P. The fourth-order valence-electron chi connectivity index (χ4n) is 6.54. The molecule has 0 amide bonds. The Labute approximate surface area is 251 Å². The number of unbranched alkanes of at least 4 members (excludes halogenated alkanes) is 1. The molecule has 0 bridgehead atoms. The third kappa shape index (κ3) is 5.09. The molecule has 1 fully saturated rings. The molecule has 12 heteroatoms. The Morgan fingerprint density at radius 3 is 2.57 bits per heavy atom. The van der Waals surface area contributed by atoms with Crippen molar-refractivity contribution in [2.45, 2.75) is 63.4 Å². The largest absolute Gasteiger partial charge is 0.369 e. The number of benzene rings is 4. The van der Waals surface area contributed by atoms with Crippen LogP contribution in [0.15, 0.2) is 64.2 Å². The second kappa shape index (κ2) is 11.2. The molecule has 4 aromatic carbocycles. The van der Waals surface area contributed by atoms with E-state index in [1.54, 1.807) is 6.92 Å². The average molecular weight is 616 g/mol. The van der Waals surface area contributed by atoms with Crippen LogP contribution >= 0.6 is 7.60 Å². The van der Waals surface area contributed by atoms with Crippen LogP contribution in [0.3, 0.4) is 0 Å². The van der Waals surface area contributed by atoms with E-state index in [-0.39, 0.29) is 23.7 Å². The molecule has 3 heterocycles. The molecular weight excluding hydrogens is 581 g/mol. The van der Waals surface area contributed by atoms with E-state index >= 15 is 0 Å². The molecule has 11 nitrogen and oxygen atoms in total. The van der Waals surface area contributed by atoms with Gasteiger partial charge in [-0.15, -0.1) is 0 Å². The molecule has 2 unspecified atom stereocenters. The number of nitrogen functional groups attached to an aromatic ring is 1. The fraction of sp³-hybridized carbons (Fsp3) is 0.344. The SMILES string of the molecule is CC(CCCCc1ccc2ccc3cccc4ccc1c2c34)P(=O)(O)OC[C@@H]1CC[C@H](n2c(=O)[nH]c3c(=O)[nH]c(N)nc32)O1. The highest BCUT2D eigenvalue weighted by molar-refractivity contribution is 7.53. The van der Waals surface area contributed by atoms with E-state index in [9.17, 15) is 19.0 Å². The van der Waals surface area contributed by atoms with Gasteiger partial charge in [0.25, 0.3) is 5.56 Å². The second-order valence-corrected chi connectivity index (χ2v) is 14.0. The third-order valence-corrected chi connectivity index (χ3v) is 10.8. The molecule has 0 aliphatic carbocycles. The molecule has 228 valence electrons. The number of ether oxygens (including phenoxy) is 1. The number of nitrogens with one attached hydrogen (secondary N) is 2. The summed E-state index contributed by atoms with van der Waals surface area (Å²) in [7, 11) is -3.90. The lowest BCUT2D eigenvalue weighted by atomic mass is 9.90. The van der Waals surface area contributed by atoms with E-state index in [2.05, 4.69) is 69.5 Å². The van der Waals surface area contributed by atoms with E-state index in [1.807, 2.05) is 0 Å². The van der Waals surface area contributed by atoms with Crippen LogP contribution in [0.5, 0.6) is 0 Å². The molecule has 1 saturated heterocycles. The average Bonchev–Trinajstić information content (AvgIpc) is 3.61. The minimum Gasteiger partial charge on any atom is -0.369 e. The topological polar surface area (TPSA) is 165 Å². The van der Waals surface area contributed by atoms with Crippen LogP contribution in [0, 0.1) is 0 Å². The van der Waals surface area contributed by atoms with Crippen molar-refractivity contribution in [1.29, 1.82) is 0 Å². The number of fused-ring (bicyclic) bond motifs is 1. The summed E-state index contributed by atoms with van der Waals surface area (Å²) in [6, 6.07) is 19.6. The molecule has 7 rings (SSSR count). The van der Waals surface area contributed by atoms with Gasteiger partial charge in [-0.3, -0.25) is 19.3 Å². The Morgan fingerprint density at radius 2 is 1.77 bits per heavy atom. The van der Waals surface area contributed by atoms with E-state index in [0.29, 0.717) is 19.3 Å². The fourth-order valence-corrected chi connectivity index (χ4v) is 7.69. The van der Waals surface area contributed by atoms with E-state index in [0.717, 1.165) is 19.3 Å². The Kier molecular flexibility index (Phi) is 7.29. The van der Waals surface area contributed by atoms with Crippen LogP contribution in [0.1, 0.15) is 50.8 Å². The summed E-state index contributed by atoms with van der Waals surface area (Å²) in [5.41, 5.74) is 5.44. The lowest BCUT2D eigenvalue weighted by molar-refractivity contribution is -0.0192. The van der Waals surface area contributed by atoms with E-state index in [4.69, 9.17) is 15.0 Å². The number of imidazole rings is 1. The summed E-state index contributed by atoms with van der Waals surface area (Å²) < 4.78 is 25.8. The van der Waals surface area contributed by atoms with Gasteiger partial charge in [0.15, 0.2) is 11.2 Å². The Bertz CT molecular complexity index is 2150. The van der Waals surface area contributed by atoms with Crippen molar-refractivity contribution in [2.24, 2.45) is 0 Å². The summed E-state index contributed by atoms with van der Waals surface area (Å²) in [4.78, 5) is 44.3. The zero-order chi connectivity index (χ0) is 30.6. The van der Waals surface area contributed by atoms with Gasteiger partial charge in [-0.05, 0) is 70.0 Å². The van der Waals surface area contributed by atoms with Crippen molar-refractivity contribution < 1.29 is 18.7 Å². The number of anilines is 1. The minimum absolute atomic E-state index is 0.0142. The van der Waals surface area contributed by atoms with Crippen molar-refractivity contribution in [3.8, 4) is 0 Å². The first-order valence-electron chi connectivity index (χ1n) is 15.0. The lowest BCUT2D eigenvalue weighted by Gasteiger charge is -2.21. The molecule has 4 atom stereocenters. The Morgan fingerprint density at radius 1 is 1.05 bits per heavy atom. The highest BCUT2D eigenvalue weighted by Gasteiger charge is 2.34. The first kappa shape index (κ1) is 28.7. The number of hydrogen-bond donors (Lipinski definition) is 4. The maximum Gasteiger partial charge on any atom is 0.330 e. The van der Waals surface area contributed by atoms with Gasteiger partial charge in [-0.1, -0.05) is 67.9 Å². The van der Waals surface area contributed by atoms with Gasteiger partial charge >= 0.3 is 13.3 Å². The van der Waals surface area contributed by atoms with Crippen LogP contribution in [-0.4, -0.2) is 42.8 Å². The van der Waals surface area contributed by atoms with E-state index < -0.39 is 36.8 Å². The lowest BCUT2D eigenvalue weighted by Crippen LogP contribution is -2.24. The molecule has 2 aromatic heterocycles. The third-order valence-electron chi connectivity index (χ3n) is 8.91. The molecule has 0 spiro atoms. The van der Waals surface area contributed by atoms with Gasteiger partial charge in [0.2, 0.25) is 5.95 Å². The van der Waals surface area contributed by atoms with Crippen molar-refractivity contribution in [1.82, 2.24) is 19.5 Å². The number of H-pyrrole nitrogens is 2. The van der Waals surface area contributed by atoms with Gasteiger partial charge in [0.05, 0.1) is 18.4 Å². The summed E-state index contributed by atoms with van der Waals surface area (Å²) in [5.74, 6) is -0.112. The highest BCUT2D eigenvalue weighted by atomic mass is 31.2. The number of aromatic amines is 2. The molecule has 1 aliphatic heterocycles. The number of nitrogens with two attached hydrogens (primary N) is 1. The van der Waals surface area contributed by atoms with Crippen LogP contribution in [-0.2, 0) is 20.2 Å². The number of aromatic nitrogens is 4. The second-order valence-electron chi connectivity index (χ2n) is 11.8. The van der Waals surface area contributed by atoms with Crippen molar-refractivity contribution in [3.63, 3.8) is 0 Å². The first-order chi connectivity index (χ1) is 21.2. The highest BCUT2D eigenvalue weighted by Crippen LogP contribution is 2.50. The smallest absolute Gasteiger partial charge is 0.330 e. The Hall–Kier alpha value is -4.02. The van der Waals surface area contributed by atoms with Crippen LogP contribution in [0.25, 0.3) is 43.5 Å². The first-order valence-corrected chi connectivity index (χ1v) is 16.6. The number of rotatable bonds is 10. The van der Waals surface area contributed by atoms with Gasteiger partial charge in [-0.2, -0.15) is 4.98 Å². The maximum absolute atomic E-state index is 13.1. The standard InChI is InChI=1S/C32H34N5O6P/c1-18(5-2-3-6-19-9-10-22-12-11-20-7-4-8-21-13-15-24(19)27(22)26(20)21)44(40,41)42-17-23-14-16-25(43-23)37-29-28(34-32(37)39)30(38)36-31(33)35-29/h4,7-13,15,18,23,25H,2-3,5-6,14,16-17H2,1H3,(H,34,39)(H,40,41)(H3,33,35,36,38)/t18?,23-,25+/m0/s1. The number of nitrogens with zero attached hydrogens (tertiary/aromatic N) is 2. The van der Waals surface area contributed by atoms with Crippen molar-refractivity contribution in [2.75, 3.05) is 12.3 Å². The Balaban J connectivity index is 0.942. The molecule has 1 aliphatic rings. The monoisotopic (exact) mass is 615 g/mol. The number of aryl methyl sites for hydroxylation is 1. The predicted molar refractivity (Wildman–Crippen MR) is 171 cm³/mol. The van der Waals surface area contributed by atoms with Crippen molar-refractivity contribution in [3.05, 3.63) is 81.0 Å². The summed E-state index contributed by atoms with van der Waals surface area (Å²) in [6.45, 7) is 1.67. The molecule has 5 N–H and O–H groups in total. The molecule has 0 radical (unpaired) electrons. The molecule has 44 heavy (non-hydrogen) atoms. The quantitative estimate of drug-likeness (QED) is 0.0882. The molecule has 6 aromatic rings. The van der Waals surface area contributed by atoms with Gasteiger partial charge in [0, 0.05) is 0 Å². The summed E-state index contributed by atoms with van der Waals surface area (Å²) in [5, 5.41) is 7.61. The normalized spacial score (nSPS) is 19.4. The van der Waals surface area contributed by atoms with Crippen LogP contribution < -0.4 is 17.0 Å². The summed E-state index contributed by atoms with van der Waals surface area (Å²) in [6.07, 6.45) is 2.89. The predicted octanol–water partition coefficient (Wildman–Crippen LogP) is 5.57. The van der Waals surface area contributed by atoms with E-state index in [1.165, 1.54) is 42.4 Å². The summed E-state index contributed by atoms with van der Waals surface area (Å²) >= 11 is 0. The number of hydrogen-bond acceptors (Lipinski definition) is 7. The van der Waals surface area contributed by atoms with Gasteiger partial charge in [0.1, 0.15) is 6.23 Å². The maximum atomic E-state index is 13.1. The van der Waals surface area contributed by atoms with Gasteiger partial charge in [-0.25, -0.2) is 9.36 Å². The zero-order valence-electron chi connectivity index (χ0n) is 24.3.